The highest BCUT2D eigenvalue weighted by Gasteiger charge is 2.18. The van der Waals surface area contributed by atoms with Crippen molar-refractivity contribution >= 4 is 23.6 Å². The lowest BCUT2D eigenvalue weighted by molar-refractivity contribution is -0.136. The monoisotopic (exact) mass is 246 g/mol. The van der Waals surface area contributed by atoms with Crippen LogP contribution in [0, 0.1) is 0 Å². The Hall–Kier alpha value is -0.750. The predicted molar refractivity (Wildman–Crippen MR) is 63.7 cm³/mol. The molecule has 16 heavy (non-hydrogen) atoms. The first-order valence-electron chi connectivity index (χ1n) is 5.35. The van der Waals surface area contributed by atoms with E-state index in [1.54, 1.807) is 0 Å². The number of hydrogen-bond donors (Lipinski definition) is 1. The second kappa shape index (κ2) is 6.75. The van der Waals surface area contributed by atoms with Crippen molar-refractivity contribution in [1.82, 2.24) is 9.80 Å². The van der Waals surface area contributed by atoms with Crippen LogP contribution >= 0.6 is 11.8 Å². The molecule has 1 rings (SSSR count). The van der Waals surface area contributed by atoms with Crippen LogP contribution in [-0.4, -0.2) is 71.5 Å². The van der Waals surface area contributed by atoms with E-state index in [1.807, 2.05) is 11.9 Å². The van der Waals surface area contributed by atoms with E-state index in [1.165, 1.54) is 11.8 Å². The largest absolute Gasteiger partial charge is 0.481 e. The van der Waals surface area contributed by atoms with E-state index in [0.717, 1.165) is 26.2 Å². The molecule has 0 radical (unpaired) electrons. The van der Waals surface area contributed by atoms with Crippen LogP contribution in [0.3, 0.4) is 0 Å². The number of carboxylic acids is 1. The lowest BCUT2D eigenvalue weighted by Gasteiger charge is -2.32. The molecule has 1 amide bonds. The SMILES string of the molecule is CN1CCN(C(=O)CSCCC(=O)O)CC1. The molecule has 0 atom stereocenters. The summed E-state index contributed by atoms with van der Waals surface area (Å²) in [7, 11) is 2.05. The molecule has 1 N–H and O–H groups in total. The molecule has 0 aromatic rings. The van der Waals surface area contributed by atoms with Gasteiger partial charge in [-0.2, -0.15) is 11.8 Å². The highest BCUT2D eigenvalue weighted by atomic mass is 32.2. The normalized spacial score (nSPS) is 17.4. The highest BCUT2D eigenvalue weighted by molar-refractivity contribution is 7.99. The van der Waals surface area contributed by atoms with Gasteiger partial charge in [-0.15, -0.1) is 0 Å². The van der Waals surface area contributed by atoms with Gasteiger partial charge in [0.1, 0.15) is 0 Å². The van der Waals surface area contributed by atoms with Gasteiger partial charge in [-0.05, 0) is 7.05 Å². The van der Waals surface area contributed by atoms with E-state index in [9.17, 15) is 9.59 Å². The number of amides is 1. The summed E-state index contributed by atoms with van der Waals surface area (Å²) in [6.07, 6.45) is 0.126. The third kappa shape index (κ3) is 4.85. The predicted octanol–water partition coefficient (Wildman–Crippen LogP) is -0.0317. The van der Waals surface area contributed by atoms with Gasteiger partial charge in [0.15, 0.2) is 0 Å². The molecule has 0 bridgehead atoms. The van der Waals surface area contributed by atoms with Gasteiger partial charge >= 0.3 is 5.97 Å². The summed E-state index contributed by atoms with van der Waals surface area (Å²) in [6, 6.07) is 0. The van der Waals surface area contributed by atoms with Crippen molar-refractivity contribution in [2.45, 2.75) is 6.42 Å². The minimum absolute atomic E-state index is 0.126. The van der Waals surface area contributed by atoms with Crippen LogP contribution in [0.4, 0.5) is 0 Å². The van der Waals surface area contributed by atoms with Gasteiger partial charge in [-0.3, -0.25) is 9.59 Å². The summed E-state index contributed by atoms with van der Waals surface area (Å²) in [6.45, 7) is 3.42. The van der Waals surface area contributed by atoms with Crippen molar-refractivity contribution in [3.8, 4) is 0 Å². The number of rotatable bonds is 5. The zero-order valence-corrected chi connectivity index (χ0v) is 10.3. The average Bonchev–Trinajstić information content (AvgIpc) is 2.25. The summed E-state index contributed by atoms with van der Waals surface area (Å²) >= 11 is 1.40. The van der Waals surface area contributed by atoms with Crippen molar-refractivity contribution in [1.29, 1.82) is 0 Å². The molecule has 92 valence electrons. The Bertz CT molecular complexity index is 252. The number of piperazine rings is 1. The maximum absolute atomic E-state index is 11.7. The van der Waals surface area contributed by atoms with Crippen LogP contribution in [0.15, 0.2) is 0 Å². The molecule has 0 spiro atoms. The number of carbonyl (C=O) groups is 2. The minimum atomic E-state index is -0.806. The first kappa shape index (κ1) is 13.3. The molecular formula is C10H18N2O3S. The van der Waals surface area contributed by atoms with Gasteiger partial charge in [0.05, 0.1) is 12.2 Å². The molecule has 6 heteroatoms. The Balaban J connectivity index is 2.12. The zero-order valence-electron chi connectivity index (χ0n) is 9.52. The van der Waals surface area contributed by atoms with Crippen molar-refractivity contribution in [3.05, 3.63) is 0 Å². The van der Waals surface area contributed by atoms with E-state index in [4.69, 9.17) is 5.11 Å². The number of carboxylic acid groups (broad SMARTS) is 1. The maximum Gasteiger partial charge on any atom is 0.304 e. The molecule has 0 aliphatic carbocycles. The zero-order chi connectivity index (χ0) is 12.0. The van der Waals surface area contributed by atoms with Crippen LogP contribution in [0.1, 0.15) is 6.42 Å². The second-order valence-corrected chi connectivity index (χ2v) is 4.99. The maximum atomic E-state index is 11.7. The fourth-order valence-electron chi connectivity index (χ4n) is 1.47. The number of thioether (sulfide) groups is 1. The topological polar surface area (TPSA) is 60.9 Å². The lowest BCUT2D eigenvalue weighted by atomic mass is 10.3. The molecule has 1 aliphatic heterocycles. The molecular weight excluding hydrogens is 228 g/mol. The van der Waals surface area contributed by atoms with Gasteiger partial charge in [0.25, 0.3) is 0 Å². The summed E-state index contributed by atoms with van der Waals surface area (Å²) in [5.74, 6) is 0.231. The van der Waals surface area contributed by atoms with Crippen LogP contribution < -0.4 is 0 Å². The van der Waals surface area contributed by atoms with Gasteiger partial charge < -0.3 is 14.9 Å². The van der Waals surface area contributed by atoms with Crippen LogP contribution in [0.2, 0.25) is 0 Å². The number of likely N-dealkylation sites (N-methyl/N-ethyl adjacent to an activating group) is 1. The first-order valence-corrected chi connectivity index (χ1v) is 6.51. The average molecular weight is 246 g/mol. The smallest absolute Gasteiger partial charge is 0.304 e. The summed E-state index contributed by atoms with van der Waals surface area (Å²) in [5, 5.41) is 8.44. The highest BCUT2D eigenvalue weighted by Crippen LogP contribution is 2.07. The Labute approximate surface area is 99.8 Å². The quantitative estimate of drug-likeness (QED) is 0.690. The van der Waals surface area contributed by atoms with Gasteiger partial charge in [0, 0.05) is 31.9 Å². The van der Waals surface area contributed by atoms with Crippen molar-refractivity contribution in [3.63, 3.8) is 0 Å². The minimum Gasteiger partial charge on any atom is -0.481 e. The molecule has 0 unspecified atom stereocenters. The Morgan fingerprint density at radius 3 is 2.44 bits per heavy atom. The third-order valence-electron chi connectivity index (χ3n) is 2.54. The van der Waals surface area contributed by atoms with Crippen molar-refractivity contribution < 1.29 is 14.7 Å². The van der Waals surface area contributed by atoms with Crippen LogP contribution in [0.25, 0.3) is 0 Å². The summed E-state index contributed by atoms with van der Waals surface area (Å²) in [4.78, 5) is 26.0. The Kier molecular flexibility index (Phi) is 5.62. The molecule has 1 aliphatic rings. The molecule has 0 aromatic carbocycles. The van der Waals surface area contributed by atoms with E-state index >= 15 is 0 Å². The summed E-state index contributed by atoms with van der Waals surface area (Å²) < 4.78 is 0. The molecule has 0 aromatic heterocycles. The van der Waals surface area contributed by atoms with E-state index in [0.29, 0.717) is 11.5 Å². The standard InChI is InChI=1S/C10H18N2O3S/c1-11-3-5-12(6-4-11)9(13)8-16-7-2-10(14)15/h2-8H2,1H3,(H,14,15). The fraction of sp³-hybridized carbons (Fsp3) is 0.800. The first-order chi connectivity index (χ1) is 7.59. The Morgan fingerprint density at radius 1 is 1.25 bits per heavy atom. The van der Waals surface area contributed by atoms with E-state index in [2.05, 4.69) is 4.90 Å². The van der Waals surface area contributed by atoms with Crippen LogP contribution in [0.5, 0.6) is 0 Å². The number of hydrogen-bond acceptors (Lipinski definition) is 4. The molecule has 5 nitrogen and oxygen atoms in total. The Morgan fingerprint density at radius 2 is 1.88 bits per heavy atom. The molecule has 1 saturated heterocycles. The second-order valence-electron chi connectivity index (χ2n) is 3.88. The number of aliphatic carboxylic acids is 1. The van der Waals surface area contributed by atoms with Gasteiger partial charge in [0.2, 0.25) is 5.91 Å². The lowest BCUT2D eigenvalue weighted by Crippen LogP contribution is -2.47. The van der Waals surface area contributed by atoms with Gasteiger partial charge in [-0.25, -0.2) is 0 Å². The van der Waals surface area contributed by atoms with E-state index < -0.39 is 5.97 Å². The third-order valence-corrected chi connectivity index (χ3v) is 3.49. The van der Waals surface area contributed by atoms with Crippen molar-refractivity contribution in [2.24, 2.45) is 0 Å². The molecule has 0 saturated carbocycles. The number of nitrogens with zero attached hydrogens (tertiary/aromatic N) is 2. The molecule has 1 heterocycles. The summed E-state index contributed by atoms with van der Waals surface area (Å²) in [5.41, 5.74) is 0. The van der Waals surface area contributed by atoms with E-state index in [-0.39, 0.29) is 12.3 Å². The van der Waals surface area contributed by atoms with Crippen molar-refractivity contribution in [2.75, 3.05) is 44.7 Å². The number of carbonyl (C=O) groups excluding carboxylic acids is 1. The molecule has 1 fully saturated rings. The van der Waals surface area contributed by atoms with Gasteiger partial charge in [-0.1, -0.05) is 0 Å². The fourth-order valence-corrected chi connectivity index (χ4v) is 2.29. The van der Waals surface area contributed by atoms with Crippen LogP contribution in [-0.2, 0) is 9.59 Å².